The summed E-state index contributed by atoms with van der Waals surface area (Å²) in [5.41, 5.74) is 3.19. The largest absolute Gasteiger partial charge is 0.459 e. The molecule has 0 aliphatic rings. The smallest absolute Gasteiger partial charge is 0.336 e. The normalized spacial score (nSPS) is 11.3. The molecule has 0 radical (unpaired) electrons. The van der Waals surface area contributed by atoms with E-state index in [0.29, 0.717) is 28.2 Å². The van der Waals surface area contributed by atoms with Crippen molar-refractivity contribution in [2.75, 3.05) is 0 Å². The first-order chi connectivity index (χ1) is 12.1. The highest BCUT2D eigenvalue weighted by Crippen LogP contribution is 2.29. The Bertz CT molecular complexity index is 1100. The number of furan rings is 1. The van der Waals surface area contributed by atoms with E-state index in [1.165, 1.54) is 17.8 Å². The number of benzene rings is 1. The van der Waals surface area contributed by atoms with Crippen LogP contribution in [-0.4, -0.2) is 10.2 Å². The molecule has 0 aliphatic heterocycles. The van der Waals surface area contributed by atoms with Gasteiger partial charge in [0, 0.05) is 17.2 Å². The van der Waals surface area contributed by atoms with Crippen molar-refractivity contribution < 1.29 is 13.3 Å². The molecule has 0 atom stereocenters. The molecule has 0 saturated carbocycles. The lowest BCUT2D eigenvalue weighted by atomic mass is 10.0. The molecular weight excluding hydrogens is 340 g/mol. The third kappa shape index (κ3) is 2.98. The highest BCUT2D eigenvalue weighted by atomic mass is 32.2. The van der Waals surface area contributed by atoms with Gasteiger partial charge in [-0.05, 0) is 42.7 Å². The van der Waals surface area contributed by atoms with E-state index in [2.05, 4.69) is 10.2 Å². The average molecular weight is 354 g/mol. The van der Waals surface area contributed by atoms with E-state index < -0.39 is 0 Å². The molecule has 3 heterocycles. The maximum Gasteiger partial charge on any atom is 0.336 e. The second kappa shape index (κ2) is 6.25. The van der Waals surface area contributed by atoms with Gasteiger partial charge >= 0.3 is 5.63 Å². The third-order valence-electron chi connectivity index (χ3n) is 4.01. The van der Waals surface area contributed by atoms with Gasteiger partial charge in [0.05, 0.1) is 6.26 Å². The minimum Gasteiger partial charge on any atom is -0.459 e. The van der Waals surface area contributed by atoms with E-state index in [1.807, 2.05) is 26.0 Å². The van der Waals surface area contributed by atoms with Crippen molar-refractivity contribution >= 4 is 22.7 Å². The summed E-state index contributed by atoms with van der Waals surface area (Å²) in [6.07, 6.45) is 1.55. The topological polar surface area (TPSA) is 82.3 Å². The predicted octanol–water partition coefficient (Wildman–Crippen LogP) is 4.35. The van der Waals surface area contributed by atoms with Gasteiger partial charge in [0.15, 0.2) is 5.76 Å². The number of fused-ring (bicyclic) bond motifs is 1. The summed E-state index contributed by atoms with van der Waals surface area (Å²) in [7, 11) is 0. The molecule has 25 heavy (non-hydrogen) atoms. The molecule has 0 unspecified atom stereocenters. The number of thioether (sulfide) groups is 1. The van der Waals surface area contributed by atoms with Gasteiger partial charge in [-0.15, -0.1) is 10.2 Å². The zero-order valence-corrected chi connectivity index (χ0v) is 14.4. The Hall–Kier alpha value is -2.80. The van der Waals surface area contributed by atoms with Gasteiger partial charge in [0.1, 0.15) is 5.58 Å². The van der Waals surface area contributed by atoms with Crippen LogP contribution >= 0.6 is 11.8 Å². The van der Waals surface area contributed by atoms with Crippen molar-refractivity contribution in [3.63, 3.8) is 0 Å². The molecule has 0 aliphatic carbocycles. The van der Waals surface area contributed by atoms with Crippen molar-refractivity contribution in [3.05, 3.63) is 63.7 Å². The summed E-state index contributed by atoms with van der Waals surface area (Å²) < 4.78 is 16.2. The number of hydrogen-bond donors (Lipinski definition) is 0. The number of hydrogen-bond acceptors (Lipinski definition) is 7. The molecule has 3 aromatic heterocycles. The van der Waals surface area contributed by atoms with Crippen molar-refractivity contribution in [1.82, 2.24) is 10.2 Å². The van der Waals surface area contributed by atoms with Crippen LogP contribution in [0.5, 0.6) is 0 Å². The second-order valence-corrected chi connectivity index (χ2v) is 6.54. The van der Waals surface area contributed by atoms with Crippen molar-refractivity contribution in [1.29, 1.82) is 0 Å². The molecule has 1 aromatic carbocycles. The average Bonchev–Trinajstić information content (AvgIpc) is 3.27. The van der Waals surface area contributed by atoms with Gasteiger partial charge in [0.25, 0.3) is 11.1 Å². The van der Waals surface area contributed by atoms with Crippen LogP contribution in [0.3, 0.4) is 0 Å². The van der Waals surface area contributed by atoms with Crippen molar-refractivity contribution in [2.45, 2.75) is 24.8 Å². The fraction of sp³-hybridized carbons (Fsp3) is 0.167. The molecule has 4 rings (SSSR count). The first kappa shape index (κ1) is 15.7. The molecule has 4 aromatic rings. The molecule has 6 nitrogen and oxygen atoms in total. The van der Waals surface area contributed by atoms with Crippen LogP contribution in [-0.2, 0) is 5.75 Å². The Morgan fingerprint density at radius 2 is 2.00 bits per heavy atom. The number of aryl methyl sites for hydroxylation is 2. The number of nitrogens with zero attached hydrogens (tertiary/aromatic N) is 2. The van der Waals surface area contributed by atoms with Crippen LogP contribution in [0.25, 0.3) is 22.6 Å². The highest BCUT2D eigenvalue weighted by molar-refractivity contribution is 7.98. The quantitative estimate of drug-likeness (QED) is 0.398. The number of rotatable bonds is 4. The third-order valence-corrected chi connectivity index (χ3v) is 4.87. The van der Waals surface area contributed by atoms with Gasteiger partial charge in [-0.2, -0.15) is 0 Å². The Kier molecular flexibility index (Phi) is 3.93. The fourth-order valence-electron chi connectivity index (χ4n) is 2.55. The Labute approximate surface area is 146 Å². The molecule has 7 heteroatoms. The van der Waals surface area contributed by atoms with Gasteiger partial charge in [-0.3, -0.25) is 0 Å². The lowest BCUT2D eigenvalue weighted by Crippen LogP contribution is -2.01. The van der Waals surface area contributed by atoms with Gasteiger partial charge in [-0.25, -0.2) is 4.79 Å². The van der Waals surface area contributed by atoms with Gasteiger partial charge in [-0.1, -0.05) is 23.9 Å². The molecule has 0 spiro atoms. The van der Waals surface area contributed by atoms with Crippen LogP contribution < -0.4 is 5.63 Å². The minimum atomic E-state index is -0.362. The van der Waals surface area contributed by atoms with Crippen LogP contribution in [0.1, 0.15) is 16.7 Å². The SMILES string of the molecule is Cc1ccc2c(CSc3nnc(-c4ccco4)o3)cc(=O)oc2c1C. The monoisotopic (exact) mass is 354 g/mol. The lowest BCUT2D eigenvalue weighted by molar-refractivity contribution is 0.447. The summed E-state index contributed by atoms with van der Waals surface area (Å²) in [4.78, 5) is 11.9. The highest BCUT2D eigenvalue weighted by Gasteiger charge is 2.14. The Morgan fingerprint density at radius 3 is 2.80 bits per heavy atom. The molecule has 0 N–H and O–H groups in total. The minimum absolute atomic E-state index is 0.330. The molecule has 0 fully saturated rings. The maximum absolute atomic E-state index is 11.9. The van der Waals surface area contributed by atoms with Gasteiger partial charge < -0.3 is 13.3 Å². The van der Waals surface area contributed by atoms with E-state index in [4.69, 9.17) is 13.3 Å². The summed E-state index contributed by atoms with van der Waals surface area (Å²) in [6.45, 7) is 3.94. The maximum atomic E-state index is 11.9. The van der Waals surface area contributed by atoms with E-state index in [0.717, 1.165) is 22.1 Å². The summed E-state index contributed by atoms with van der Waals surface area (Å²) in [5.74, 6) is 1.37. The van der Waals surface area contributed by atoms with E-state index >= 15 is 0 Å². The van der Waals surface area contributed by atoms with Crippen LogP contribution in [0.4, 0.5) is 0 Å². The summed E-state index contributed by atoms with van der Waals surface area (Å²) in [6, 6.07) is 9.01. The van der Waals surface area contributed by atoms with Gasteiger partial charge in [0.2, 0.25) is 0 Å². The Morgan fingerprint density at radius 1 is 1.12 bits per heavy atom. The first-order valence-corrected chi connectivity index (χ1v) is 8.63. The lowest BCUT2D eigenvalue weighted by Gasteiger charge is -2.07. The summed E-state index contributed by atoms with van der Waals surface area (Å²) in [5, 5.41) is 9.30. The molecular formula is C18H14N2O4S. The first-order valence-electron chi connectivity index (χ1n) is 7.65. The Balaban J connectivity index is 1.63. The van der Waals surface area contributed by atoms with E-state index in [-0.39, 0.29) is 5.63 Å². The molecule has 0 saturated heterocycles. The van der Waals surface area contributed by atoms with Crippen LogP contribution in [0.15, 0.2) is 59.9 Å². The zero-order valence-electron chi connectivity index (χ0n) is 13.6. The molecule has 126 valence electrons. The predicted molar refractivity (Wildman–Crippen MR) is 93.5 cm³/mol. The van der Waals surface area contributed by atoms with Crippen LogP contribution in [0, 0.1) is 13.8 Å². The van der Waals surface area contributed by atoms with Crippen LogP contribution in [0.2, 0.25) is 0 Å². The summed E-state index contributed by atoms with van der Waals surface area (Å²) >= 11 is 1.36. The molecule has 0 bridgehead atoms. The number of aromatic nitrogens is 2. The van der Waals surface area contributed by atoms with Crippen molar-refractivity contribution in [3.8, 4) is 11.7 Å². The molecule has 0 amide bonds. The van der Waals surface area contributed by atoms with E-state index in [9.17, 15) is 4.79 Å². The standard InChI is InChI=1S/C18H14N2O4S/c1-10-5-6-13-12(8-15(21)23-16(13)11(10)2)9-25-18-20-19-17(24-18)14-4-3-7-22-14/h3-8H,9H2,1-2H3. The van der Waals surface area contributed by atoms with Crippen molar-refractivity contribution in [2.24, 2.45) is 0 Å². The van der Waals surface area contributed by atoms with E-state index in [1.54, 1.807) is 18.4 Å². The fourth-order valence-corrected chi connectivity index (χ4v) is 3.31. The zero-order chi connectivity index (χ0) is 17.4. The second-order valence-electron chi connectivity index (χ2n) is 5.61.